The number of aromatic nitrogens is 2. The highest BCUT2D eigenvalue weighted by Gasteiger charge is 2.13. The van der Waals surface area contributed by atoms with Crippen LogP contribution in [0.2, 0.25) is 0 Å². The highest BCUT2D eigenvalue weighted by molar-refractivity contribution is 9.10. The van der Waals surface area contributed by atoms with Crippen molar-refractivity contribution in [3.05, 3.63) is 34.4 Å². The summed E-state index contributed by atoms with van der Waals surface area (Å²) in [5.41, 5.74) is 0.567. The number of rotatable bonds is 5. The molecule has 0 unspecified atom stereocenters. The maximum Gasteiger partial charge on any atom is 0.248 e. The van der Waals surface area contributed by atoms with E-state index in [1.807, 2.05) is 6.92 Å². The van der Waals surface area contributed by atoms with Crippen LogP contribution in [0.3, 0.4) is 0 Å². The zero-order valence-electron chi connectivity index (χ0n) is 9.91. The van der Waals surface area contributed by atoms with Gasteiger partial charge in [0, 0.05) is 13.0 Å². The van der Waals surface area contributed by atoms with Gasteiger partial charge in [-0.2, -0.15) is 0 Å². The minimum Gasteiger partial charge on any atom is -0.421 e. The molecule has 96 valence electrons. The third-order valence-corrected chi connectivity index (χ3v) is 3.22. The van der Waals surface area contributed by atoms with Gasteiger partial charge in [0.2, 0.25) is 11.8 Å². The Kier molecular flexibility index (Phi) is 4.43. The quantitative estimate of drug-likeness (QED) is 0.862. The first-order valence-corrected chi connectivity index (χ1v) is 6.49. The van der Waals surface area contributed by atoms with Crippen LogP contribution in [0.15, 0.2) is 27.1 Å². The van der Waals surface area contributed by atoms with E-state index >= 15 is 0 Å². The average molecular weight is 314 g/mol. The maximum absolute atomic E-state index is 13.4. The van der Waals surface area contributed by atoms with Crippen molar-refractivity contribution in [3.8, 4) is 11.5 Å². The van der Waals surface area contributed by atoms with Crippen molar-refractivity contribution in [1.82, 2.24) is 15.5 Å². The third kappa shape index (κ3) is 2.94. The summed E-state index contributed by atoms with van der Waals surface area (Å²) in [6, 6.07) is 4.71. The Morgan fingerprint density at radius 1 is 1.39 bits per heavy atom. The molecule has 1 aromatic heterocycles. The number of likely N-dealkylation sites (N-methyl/N-ethyl adjacent to an activating group) is 1. The normalized spacial score (nSPS) is 10.8. The molecule has 0 saturated heterocycles. The lowest BCUT2D eigenvalue weighted by atomic mass is 10.2. The molecule has 0 fully saturated rings. The van der Waals surface area contributed by atoms with E-state index in [9.17, 15) is 4.39 Å². The predicted octanol–water partition coefficient (Wildman–Crippen LogP) is 2.79. The van der Waals surface area contributed by atoms with Crippen molar-refractivity contribution in [2.45, 2.75) is 13.3 Å². The largest absolute Gasteiger partial charge is 0.421 e. The SMILES string of the molecule is CCNCCc1nnc(-c2cccc(F)c2Br)o1. The summed E-state index contributed by atoms with van der Waals surface area (Å²) in [5, 5.41) is 11.0. The highest BCUT2D eigenvalue weighted by Crippen LogP contribution is 2.29. The lowest BCUT2D eigenvalue weighted by Gasteiger charge is -1.99. The van der Waals surface area contributed by atoms with E-state index in [0.29, 0.717) is 28.2 Å². The van der Waals surface area contributed by atoms with Gasteiger partial charge >= 0.3 is 0 Å². The van der Waals surface area contributed by atoms with E-state index in [4.69, 9.17) is 4.42 Å². The Morgan fingerprint density at radius 3 is 3.00 bits per heavy atom. The van der Waals surface area contributed by atoms with Crippen LogP contribution in [0.4, 0.5) is 4.39 Å². The minimum atomic E-state index is -0.347. The Bertz CT molecular complexity index is 530. The van der Waals surface area contributed by atoms with Crippen LogP contribution in [0.1, 0.15) is 12.8 Å². The standard InChI is InChI=1S/C12H13BrFN3O/c1-2-15-7-6-10-16-17-12(18-10)8-4-3-5-9(14)11(8)13/h3-5,15H,2,6-7H2,1H3. The number of nitrogens with zero attached hydrogens (tertiary/aromatic N) is 2. The molecule has 0 atom stereocenters. The Balaban J connectivity index is 2.16. The Labute approximate surface area is 113 Å². The van der Waals surface area contributed by atoms with Crippen LogP contribution >= 0.6 is 15.9 Å². The minimum absolute atomic E-state index is 0.327. The Hall–Kier alpha value is -1.27. The summed E-state index contributed by atoms with van der Waals surface area (Å²) in [7, 11) is 0. The first-order chi connectivity index (χ1) is 8.72. The summed E-state index contributed by atoms with van der Waals surface area (Å²) >= 11 is 3.17. The van der Waals surface area contributed by atoms with E-state index in [2.05, 4.69) is 31.4 Å². The number of hydrogen-bond donors (Lipinski definition) is 1. The maximum atomic E-state index is 13.4. The summed E-state index contributed by atoms with van der Waals surface area (Å²) < 4.78 is 19.2. The van der Waals surface area contributed by atoms with E-state index in [1.165, 1.54) is 6.07 Å². The molecule has 0 bridgehead atoms. The molecule has 0 aliphatic carbocycles. The number of halogens is 2. The lowest BCUT2D eigenvalue weighted by Crippen LogP contribution is -2.16. The van der Waals surface area contributed by atoms with Crippen molar-refractivity contribution >= 4 is 15.9 Å². The van der Waals surface area contributed by atoms with Crippen molar-refractivity contribution in [3.63, 3.8) is 0 Å². The zero-order valence-corrected chi connectivity index (χ0v) is 11.5. The molecule has 0 amide bonds. The Morgan fingerprint density at radius 2 is 2.22 bits per heavy atom. The second-order valence-electron chi connectivity index (χ2n) is 3.71. The van der Waals surface area contributed by atoms with Crippen LogP contribution in [0.5, 0.6) is 0 Å². The van der Waals surface area contributed by atoms with Gasteiger partial charge in [-0.1, -0.05) is 13.0 Å². The van der Waals surface area contributed by atoms with E-state index in [-0.39, 0.29) is 5.82 Å². The fraction of sp³-hybridized carbons (Fsp3) is 0.333. The third-order valence-electron chi connectivity index (χ3n) is 2.41. The number of benzene rings is 1. The van der Waals surface area contributed by atoms with E-state index in [0.717, 1.165) is 13.1 Å². The average Bonchev–Trinajstić information content (AvgIpc) is 2.82. The fourth-order valence-electron chi connectivity index (χ4n) is 1.50. The second-order valence-corrected chi connectivity index (χ2v) is 4.50. The van der Waals surface area contributed by atoms with Crippen LogP contribution in [-0.4, -0.2) is 23.3 Å². The molecule has 0 aliphatic heterocycles. The summed E-state index contributed by atoms with van der Waals surface area (Å²) in [6.45, 7) is 3.71. The second kappa shape index (κ2) is 6.06. The van der Waals surface area contributed by atoms with Gasteiger partial charge < -0.3 is 9.73 Å². The van der Waals surface area contributed by atoms with Crippen molar-refractivity contribution in [2.24, 2.45) is 0 Å². The van der Waals surface area contributed by atoms with Gasteiger partial charge in [0.05, 0.1) is 10.0 Å². The molecule has 0 radical (unpaired) electrons. The first kappa shape index (κ1) is 13.2. The van der Waals surface area contributed by atoms with Crippen LogP contribution in [0, 0.1) is 5.82 Å². The summed E-state index contributed by atoms with van der Waals surface area (Å²) in [6.07, 6.45) is 0.660. The molecule has 18 heavy (non-hydrogen) atoms. The van der Waals surface area contributed by atoms with Gasteiger partial charge in [-0.3, -0.25) is 0 Å². The van der Waals surface area contributed by atoms with Crippen LogP contribution in [0.25, 0.3) is 11.5 Å². The summed E-state index contributed by atoms with van der Waals surface area (Å²) in [5.74, 6) is 0.523. The molecule has 1 aromatic carbocycles. The van der Waals surface area contributed by atoms with Gasteiger partial charge in [0.1, 0.15) is 5.82 Å². The van der Waals surface area contributed by atoms with Gasteiger partial charge in [0.25, 0.3) is 0 Å². The fourth-order valence-corrected chi connectivity index (χ4v) is 1.94. The molecule has 0 spiro atoms. The monoisotopic (exact) mass is 313 g/mol. The molecule has 4 nitrogen and oxygen atoms in total. The van der Waals surface area contributed by atoms with E-state index < -0.39 is 0 Å². The zero-order chi connectivity index (χ0) is 13.0. The molecule has 0 aliphatic rings. The smallest absolute Gasteiger partial charge is 0.248 e. The number of hydrogen-bond acceptors (Lipinski definition) is 4. The molecule has 2 aromatic rings. The lowest BCUT2D eigenvalue weighted by molar-refractivity contribution is 0.496. The molecule has 1 N–H and O–H groups in total. The molecule has 1 heterocycles. The molecular weight excluding hydrogens is 301 g/mol. The summed E-state index contributed by atoms with van der Waals surface area (Å²) in [4.78, 5) is 0. The van der Waals surface area contributed by atoms with Crippen LogP contribution < -0.4 is 5.32 Å². The number of nitrogens with one attached hydrogen (secondary N) is 1. The molecule has 6 heteroatoms. The molecular formula is C12H13BrFN3O. The van der Waals surface area contributed by atoms with Crippen molar-refractivity contribution in [2.75, 3.05) is 13.1 Å². The predicted molar refractivity (Wildman–Crippen MR) is 69.6 cm³/mol. The van der Waals surface area contributed by atoms with Crippen LogP contribution in [-0.2, 0) is 6.42 Å². The molecule has 0 saturated carbocycles. The highest BCUT2D eigenvalue weighted by atomic mass is 79.9. The molecule has 2 rings (SSSR count). The van der Waals surface area contributed by atoms with Gasteiger partial charge in [0.15, 0.2) is 0 Å². The van der Waals surface area contributed by atoms with Crippen molar-refractivity contribution in [1.29, 1.82) is 0 Å². The van der Waals surface area contributed by atoms with Gasteiger partial charge in [-0.15, -0.1) is 10.2 Å². The van der Waals surface area contributed by atoms with Crippen molar-refractivity contribution < 1.29 is 8.81 Å². The van der Waals surface area contributed by atoms with E-state index in [1.54, 1.807) is 12.1 Å². The van der Waals surface area contributed by atoms with Gasteiger partial charge in [-0.25, -0.2) is 4.39 Å². The first-order valence-electron chi connectivity index (χ1n) is 5.70. The van der Waals surface area contributed by atoms with Gasteiger partial charge in [-0.05, 0) is 34.6 Å². The topological polar surface area (TPSA) is 51.0 Å².